The van der Waals surface area contributed by atoms with Gasteiger partial charge in [-0.2, -0.15) is 0 Å². The van der Waals surface area contributed by atoms with Crippen molar-refractivity contribution in [3.63, 3.8) is 0 Å². The quantitative estimate of drug-likeness (QED) is 0.843. The molecule has 2 rings (SSSR count). The molecule has 1 heterocycles. The molecule has 0 radical (unpaired) electrons. The molecule has 1 atom stereocenters. The Morgan fingerprint density at radius 2 is 2.26 bits per heavy atom. The van der Waals surface area contributed by atoms with E-state index in [1.54, 1.807) is 35.7 Å². The lowest BCUT2D eigenvalue weighted by atomic mass is 10.1. The van der Waals surface area contributed by atoms with E-state index in [4.69, 9.17) is 5.73 Å². The van der Waals surface area contributed by atoms with Crippen LogP contribution in [0.4, 0.5) is 5.69 Å². The summed E-state index contributed by atoms with van der Waals surface area (Å²) in [5, 5.41) is 3.79. The second-order valence-electron chi connectivity index (χ2n) is 4.24. The van der Waals surface area contributed by atoms with Crippen molar-refractivity contribution >= 4 is 38.9 Å². The number of thiazole rings is 1. The number of anilines is 1. The third kappa shape index (κ3) is 3.33. The normalized spacial score (nSPS) is 12.2. The molecule has 0 saturated heterocycles. The zero-order valence-electron chi connectivity index (χ0n) is 10.6. The van der Waals surface area contributed by atoms with E-state index in [1.807, 2.05) is 13.8 Å². The first kappa shape index (κ1) is 14.0. The Kier molecular flexibility index (Phi) is 4.21. The molecule has 1 aromatic heterocycles. The molecule has 1 aromatic carbocycles. The van der Waals surface area contributed by atoms with Gasteiger partial charge >= 0.3 is 0 Å². The van der Waals surface area contributed by atoms with Gasteiger partial charge in [0.05, 0.1) is 11.6 Å². The number of carbonyl (C=O) groups is 1. The molecule has 0 fully saturated rings. The van der Waals surface area contributed by atoms with Crippen LogP contribution in [0.15, 0.2) is 28.9 Å². The Bertz CT molecular complexity index is 612. The van der Waals surface area contributed by atoms with Gasteiger partial charge in [-0.05, 0) is 32.0 Å². The number of hydrogen-bond acceptors (Lipinski definition) is 4. The second kappa shape index (κ2) is 5.71. The van der Waals surface area contributed by atoms with E-state index in [2.05, 4.69) is 26.2 Å². The van der Waals surface area contributed by atoms with Crippen molar-refractivity contribution < 1.29 is 4.79 Å². The SMILES string of the molecule is Cc1cnc(C(C)NC(=O)c2cc(Br)ccc2N)s1. The number of rotatable bonds is 3. The molecular weight excluding hydrogens is 326 g/mol. The number of halogens is 1. The minimum Gasteiger partial charge on any atom is -0.398 e. The molecule has 0 bridgehead atoms. The molecule has 6 heteroatoms. The zero-order valence-corrected chi connectivity index (χ0v) is 13.0. The summed E-state index contributed by atoms with van der Waals surface area (Å²) in [6.07, 6.45) is 1.80. The van der Waals surface area contributed by atoms with Crippen molar-refractivity contribution in [2.45, 2.75) is 19.9 Å². The molecule has 19 heavy (non-hydrogen) atoms. The van der Waals surface area contributed by atoms with E-state index in [1.165, 1.54) is 0 Å². The Morgan fingerprint density at radius 3 is 2.89 bits per heavy atom. The van der Waals surface area contributed by atoms with E-state index >= 15 is 0 Å². The molecular formula is C13H14BrN3OS. The van der Waals surface area contributed by atoms with Crippen LogP contribution >= 0.6 is 27.3 Å². The first-order chi connectivity index (χ1) is 8.97. The van der Waals surface area contributed by atoms with Crippen molar-refractivity contribution in [3.8, 4) is 0 Å². The van der Waals surface area contributed by atoms with Crippen LogP contribution in [-0.2, 0) is 0 Å². The van der Waals surface area contributed by atoms with Gasteiger partial charge in [-0.15, -0.1) is 11.3 Å². The smallest absolute Gasteiger partial charge is 0.253 e. The molecule has 100 valence electrons. The van der Waals surface area contributed by atoms with Gasteiger partial charge in [0.25, 0.3) is 5.91 Å². The van der Waals surface area contributed by atoms with Crippen molar-refractivity contribution in [3.05, 3.63) is 44.3 Å². The minimum atomic E-state index is -0.195. The Morgan fingerprint density at radius 1 is 1.53 bits per heavy atom. The number of aromatic nitrogens is 1. The van der Waals surface area contributed by atoms with E-state index in [9.17, 15) is 4.79 Å². The van der Waals surface area contributed by atoms with Crippen LogP contribution in [0.1, 0.15) is 33.2 Å². The van der Waals surface area contributed by atoms with Gasteiger partial charge in [-0.1, -0.05) is 15.9 Å². The Labute approximate surface area is 124 Å². The zero-order chi connectivity index (χ0) is 14.0. The second-order valence-corrected chi connectivity index (χ2v) is 6.42. The van der Waals surface area contributed by atoms with E-state index in [0.717, 1.165) is 14.4 Å². The third-order valence-corrected chi connectivity index (χ3v) is 4.21. The fraction of sp³-hybridized carbons (Fsp3) is 0.231. The average molecular weight is 340 g/mol. The largest absolute Gasteiger partial charge is 0.398 e. The van der Waals surface area contributed by atoms with Gasteiger partial charge in [-0.25, -0.2) is 4.98 Å². The maximum Gasteiger partial charge on any atom is 0.253 e. The van der Waals surface area contributed by atoms with Crippen LogP contribution in [0.25, 0.3) is 0 Å². The fourth-order valence-electron chi connectivity index (χ4n) is 1.63. The van der Waals surface area contributed by atoms with Gasteiger partial charge < -0.3 is 11.1 Å². The summed E-state index contributed by atoms with van der Waals surface area (Å²) < 4.78 is 0.824. The van der Waals surface area contributed by atoms with E-state index in [0.29, 0.717) is 11.3 Å². The first-order valence-electron chi connectivity index (χ1n) is 5.75. The molecule has 0 aliphatic rings. The number of nitrogen functional groups attached to an aromatic ring is 1. The Hall–Kier alpha value is -1.40. The lowest BCUT2D eigenvalue weighted by Gasteiger charge is -2.12. The predicted molar refractivity (Wildman–Crippen MR) is 81.3 cm³/mol. The summed E-state index contributed by atoms with van der Waals surface area (Å²) in [7, 11) is 0. The summed E-state index contributed by atoms with van der Waals surface area (Å²) in [4.78, 5) is 17.6. The van der Waals surface area contributed by atoms with Crippen LogP contribution in [0, 0.1) is 6.92 Å². The Balaban J connectivity index is 2.15. The molecule has 2 aromatic rings. The lowest BCUT2D eigenvalue weighted by Crippen LogP contribution is -2.27. The fourth-order valence-corrected chi connectivity index (χ4v) is 2.77. The maximum atomic E-state index is 12.2. The monoisotopic (exact) mass is 339 g/mol. The number of nitrogens with zero attached hydrogens (tertiary/aromatic N) is 1. The number of nitrogens with one attached hydrogen (secondary N) is 1. The third-order valence-electron chi connectivity index (χ3n) is 2.62. The van der Waals surface area contributed by atoms with Gasteiger partial charge in [0.1, 0.15) is 5.01 Å². The number of carbonyl (C=O) groups excluding carboxylic acids is 1. The molecule has 1 amide bonds. The van der Waals surface area contributed by atoms with Crippen LogP contribution in [0.5, 0.6) is 0 Å². The molecule has 0 spiro atoms. The molecule has 3 N–H and O–H groups in total. The number of amides is 1. The summed E-state index contributed by atoms with van der Waals surface area (Å²) >= 11 is 4.91. The number of benzene rings is 1. The van der Waals surface area contributed by atoms with E-state index < -0.39 is 0 Å². The standard InChI is InChI=1S/C13H14BrN3OS/c1-7-6-16-13(19-7)8(2)17-12(18)10-5-9(14)3-4-11(10)15/h3-6,8H,15H2,1-2H3,(H,17,18). The highest BCUT2D eigenvalue weighted by molar-refractivity contribution is 9.10. The highest BCUT2D eigenvalue weighted by atomic mass is 79.9. The highest BCUT2D eigenvalue weighted by Gasteiger charge is 2.16. The minimum absolute atomic E-state index is 0.135. The van der Waals surface area contributed by atoms with Crippen molar-refractivity contribution in [1.82, 2.24) is 10.3 Å². The van der Waals surface area contributed by atoms with Gasteiger partial charge in [0, 0.05) is 21.2 Å². The summed E-state index contributed by atoms with van der Waals surface area (Å²) in [5.74, 6) is -0.195. The first-order valence-corrected chi connectivity index (χ1v) is 7.36. The van der Waals surface area contributed by atoms with Crippen LogP contribution in [-0.4, -0.2) is 10.9 Å². The summed E-state index contributed by atoms with van der Waals surface area (Å²) in [6.45, 7) is 3.90. The number of nitrogens with two attached hydrogens (primary N) is 1. The highest BCUT2D eigenvalue weighted by Crippen LogP contribution is 2.22. The molecule has 1 unspecified atom stereocenters. The van der Waals surface area contributed by atoms with Crippen LogP contribution in [0.3, 0.4) is 0 Å². The van der Waals surface area contributed by atoms with Crippen LogP contribution in [0.2, 0.25) is 0 Å². The number of hydrogen-bond donors (Lipinski definition) is 2. The van der Waals surface area contributed by atoms with E-state index in [-0.39, 0.29) is 11.9 Å². The number of aryl methyl sites for hydroxylation is 1. The van der Waals surface area contributed by atoms with Crippen molar-refractivity contribution in [2.24, 2.45) is 0 Å². The molecule has 0 saturated carbocycles. The average Bonchev–Trinajstić information content (AvgIpc) is 2.79. The van der Waals surface area contributed by atoms with Gasteiger partial charge in [0.2, 0.25) is 0 Å². The summed E-state index contributed by atoms with van der Waals surface area (Å²) in [6, 6.07) is 5.09. The van der Waals surface area contributed by atoms with Gasteiger partial charge in [0.15, 0.2) is 0 Å². The van der Waals surface area contributed by atoms with Gasteiger partial charge in [-0.3, -0.25) is 4.79 Å². The predicted octanol–water partition coefficient (Wildman–Crippen LogP) is 3.29. The lowest BCUT2D eigenvalue weighted by molar-refractivity contribution is 0.0940. The summed E-state index contributed by atoms with van der Waals surface area (Å²) in [5.41, 5.74) is 6.74. The van der Waals surface area contributed by atoms with Crippen molar-refractivity contribution in [2.75, 3.05) is 5.73 Å². The molecule has 0 aliphatic heterocycles. The molecule has 4 nitrogen and oxygen atoms in total. The van der Waals surface area contributed by atoms with Crippen molar-refractivity contribution in [1.29, 1.82) is 0 Å². The maximum absolute atomic E-state index is 12.2. The van der Waals surface area contributed by atoms with Crippen LogP contribution < -0.4 is 11.1 Å². The molecule has 0 aliphatic carbocycles. The topological polar surface area (TPSA) is 68.0 Å².